The Bertz CT molecular complexity index is 600. The highest BCUT2D eigenvalue weighted by molar-refractivity contribution is 14.0. The van der Waals surface area contributed by atoms with E-state index in [1.807, 2.05) is 0 Å². The predicted molar refractivity (Wildman–Crippen MR) is 135 cm³/mol. The van der Waals surface area contributed by atoms with E-state index in [0.717, 1.165) is 71.0 Å². The van der Waals surface area contributed by atoms with Crippen LogP contribution in [-0.2, 0) is 9.47 Å². The number of hydrogen-bond acceptors (Lipinski definition) is 3. The first-order valence-electron chi connectivity index (χ1n) is 11.6. The summed E-state index contributed by atoms with van der Waals surface area (Å²) >= 11 is 0. The Morgan fingerprint density at radius 3 is 2.57 bits per heavy atom. The zero-order valence-corrected chi connectivity index (χ0v) is 21.1. The van der Waals surface area contributed by atoms with Gasteiger partial charge in [-0.1, -0.05) is 37.3 Å². The Hall–Kier alpha value is -0.860. The topological polar surface area (TPSA) is 46.1 Å². The van der Waals surface area contributed by atoms with E-state index in [-0.39, 0.29) is 24.0 Å². The van der Waals surface area contributed by atoms with Gasteiger partial charge >= 0.3 is 0 Å². The first kappa shape index (κ1) is 25.4. The summed E-state index contributed by atoms with van der Waals surface area (Å²) in [5.74, 6) is 1.53. The molecule has 2 heterocycles. The average molecular weight is 530 g/mol. The van der Waals surface area contributed by atoms with Crippen LogP contribution < -0.4 is 5.32 Å². The first-order chi connectivity index (χ1) is 14.3. The molecule has 6 heteroatoms. The van der Waals surface area contributed by atoms with E-state index < -0.39 is 0 Å². The van der Waals surface area contributed by atoms with Crippen LogP contribution in [0.3, 0.4) is 0 Å². The van der Waals surface area contributed by atoms with Crippen LogP contribution in [-0.4, -0.2) is 62.5 Å². The molecule has 0 aliphatic carbocycles. The Balaban J connectivity index is 0.00000320. The van der Waals surface area contributed by atoms with E-state index in [1.54, 1.807) is 0 Å². The fraction of sp³-hybridized carbons (Fsp3) is 0.708. The number of nitrogens with one attached hydrogen (secondary N) is 1. The van der Waals surface area contributed by atoms with E-state index in [2.05, 4.69) is 54.4 Å². The van der Waals surface area contributed by atoms with Gasteiger partial charge in [0, 0.05) is 38.7 Å². The minimum Gasteiger partial charge on any atom is -0.376 e. The summed E-state index contributed by atoms with van der Waals surface area (Å²) in [5.41, 5.74) is 1.38. The number of ether oxygens (including phenoxy) is 2. The molecule has 2 aliphatic rings. The highest BCUT2D eigenvalue weighted by atomic mass is 127. The van der Waals surface area contributed by atoms with Gasteiger partial charge in [0.15, 0.2) is 5.96 Å². The largest absolute Gasteiger partial charge is 0.376 e. The molecule has 2 atom stereocenters. The smallest absolute Gasteiger partial charge is 0.193 e. The van der Waals surface area contributed by atoms with Crippen LogP contribution in [0.1, 0.15) is 63.9 Å². The third-order valence-electron chi connectivity index (χ3n) is 6.09. The van der Waals surface area contributed by atoms with Crippen LogP contribution >= 0.6 is 24.0 Å². The van der Waals surface area contributed by atoms with Crippen molar-refractivity contribution in [2.75, 3.05) is 39.4 Å². The van der Waals surface area contributed by atoms with Crippen molar-refractivity contribution in [2.45, 2.75) is 70.5 Å². The molecule has 0 bridgehead atoms. The molecule has 1 aromatic rings. The second-order valence-corrected chi connectivity index (χ2v) is 8.22. The molecule has 3 rings (SSSR count). The molecule has 2 aliphatic heterocycles. The van der Waals surface area contributed by atoms with Gasteiger partial charge in [0.2, 0.25) is 0 Å². The zero-order valence-electron chi connectivity index (χ0n) is 18.7. The van der Waals surface area contributed by atoms with Gasteiger partial charge in [0.1, 0.15) is 0 Å². The quantitative estimate of drug-likeness (QED) is 0.298. The summed E-state index contributed by atoms with van der Waals surface area (Å²) in [7, 11) is 0. The van der Waals surface area contributed by atoms with Crippen molar-refractivity contribution in [3.63, 3.8) is 0 Å². The van der Waals surface area contributed by atoms with Crippen LogP contribution in [0.15, 0.2) is 35.3 Å². The molecule has 2 saturated heterocycles. The Morgan fingerprint density at radius 2 is 1.93 bits per heavy atom. The number of benzene rings is 1. The summed E-state index contributed by atoms with van der Waals surface area (Å²) in [4.78, 5) is 7.40. The molecular formula is C24H40IN3O2. The minimum absolute atomic E-state index is 0. The second kappa shape index (κ2) is 14.2. The normalized spacial score (nSPS) is 21.7. The fourth-order valence-electron chi connectivity index (χ4n) is 4.23. The summed E-state index contributed by atoms with van der Waals surface area (Å²) in [6.07, 6.45) is 7.51. The maximum atomic E-state index is 6.17. The lowest BCUT2D eigenvalue weighted by atomic mass is 9.97. The molecule has 1 aromatic carbocycles. The molecule has 5 nitrogen and oxygen atoms in total. The van der Waals surface area contributed by atoms with Gasteiger partial charge in [-0.3, -0.25) is 4.99 Å². The van der Waals surface area contributed by atoms with Gasteiger partial charge in [-0.15, -0.1) is 24.0 Å². The van der Waals surface area contributed by atoms with Crippen LogP contribution in [0.2, 0.25) is 0 Å². The molecule has 0 radical (unpaired) electrons. The lowest BCUT2D eigenvalue weighted by Crippen LogP contribution is -2.47. The first-order valence-corrected chi connectivity index (χ1v) is 11.6. The van der Waals surface area contributed by atoms with Crippen molar-refractivity contribution < 1.29 is 9.47 Å². The molecule has 30 heavy (non-hydrogen) atoms. The van der Waals surface area contributed by atoms with Crippen LogP contribution in [0.5, 0.6) is 0 Å². The third kappa shape index (κ3) is 8.00. The van der Waals surface area contributed by atoms with Crippen molar-refractivity contribution in [1.29, 1.82) is 0 Å². The summed E-state index contributed by atoms with van der Waals surface area (Å²) < 4.78 is 12.0. The van der Waals surface area contributed by atoms with Gasteiger partial charge < -0.3 is 19.7 Å². The lowest BCUT2D eigenvalue weighted by molar-refractivity contribution is -0.0721. The highest BCUT2D eigenvalue weighted by Crippen LogP contribution is 2.21. The van der Waals surface area contributed by atoms with Gasteiger partial charge in [-0.05, 0) is 51.0 Å². The van der Waals surface area contributed by atoms with Crippen molar-refractivity contribution in [3.05, 3.63) is 35.9 Å². The third-order valence-corrected chi connectivity index (χ3v) is 6.09. The number of aliphatic imine (C=N–C) groups is 1. The monoisotopic (exact) mass is 529 g/mol. The zero-order chi connectivity index (χ0) is 20.3. The van der Waals surface area contributed by atoms with E-state index >= 15 is 0 Å². The SMILES string of the molecule is CCNC(=NCC(CC)c1ccccc1)N1CCC(OCC2CCCCO2)CC1.I. The van der Waals surface area contributed by atoms with Gasteiger partial charge in [-0.2, -0.15) is 0 Å². The van der Waals surface area contributed by atoms with Crippen molar-refractivity contribution in [2.24, 2.45) is 4.99 Å². The molecule has 0 aromatic heterocycles. The molecule has 1 N–H and O–H groups in total. The van der Waals surface area contributed by atoms with E-state index in [9.17, 15) is 0 Å². The molecule has 0 saturated carbocycles. The Kier molecular flexibility index (Phi) is 12.1. The van der Waals surface area contributed by atoms with Crippen molar-refractivity contribution in [1.82, 2.24) is 10.2 Å². The summed E-state index contributed by atoms with van der Waals surface area (Å²) in [6.45, 7) is 9.79. The van der Waals surface area contributed by atoms with E-state index in [0.29, 0.717) is 18.1 Å². The maximum Gasteiger partial charge on any atom is 0.193 e. The number of nitrogens with zero attached hydrogens (tertiary/aromatic N) is 2. The molecule has 2 unspecified atom stereocenters. The van der Waals surface area contributed by atoms with Gasteiger partial charge in [0.25, 0.3) is 0 Å². The predicted octanol–water partition coefficient (Wildman–Crippen LogP) is 4.81. The summed E-state index contributed by atoms with van der Waals surface area (Å²) in [6, 6.07) is 10.8. The Morgan fingerprint density at radius 1 is 1.17 bits per heavy atom. The van der Waals surface area contributed by atoms with Crippen molar-refractivity contribution in [3.8, 4) is 0 Å². The number of guanidine groups is 1. The highest BCUT2D eigenvalue weighted by Gasteiger charge is 2.24. The van der Waals surface area contributed by atoms with Crippen molar-refractivity contribution >= 4 is 29.9 Å². The number of rotatable bonds is 8. The van der Waals surface area contributed by atoms with E-state index in [4.69, 9.17) is 14.5 Å². The number of piperidine rings is 1. The van der Waals surface area contributed by atoms with Gasteiger partial charge in [0.05, 0.1) is 18.8 Å². The fourth-order valence-corrected chi connectivity index (χ4v) is 4.23. The maximum absolute atomic E-state index is 6.17. The standard InChI is InChI=1S/C24H39N3O2.HI/c1-3-20(21-10-6-5-7-11-21)18-26-24(25-4-2)27-15-13-22(14-16-27)29-19-23-12-8-9-17-28-23;/h5-7,10-11,20,22-23H,3-4,8-9,12-19H2,1-2H3,(H,25,26);1H. The molecule has 2 fully saturated rings. The molecule has 0 amide bonds. The second-order valence-electron chi connectivity index (χ2n) is 8.22. The lowest BCUT2D eigenvalue weighted by Gasteiger charge is -2.35. The van der Waals surface area contributed by atoms with Gasteiger partial charge in [-0.25, -0.2) is 0 Å². The number of hydrogen-bond donors (Lipinski definition) is 1. The number of halogens is 1. The molecular weight excluding hydrogens is 489 g/mol. The molecule has 0 spiro atoms. The van der Waals surface area contributed by atoms with Crippen LogP contribution in [0.25, 0.3) is 0 Å². The Labute approximate surface area is 200 Å². The van der Waals surface area contributed by atoms with Crippen LogP contribution in [0, 0.1) is 0 Å². The van der Waals surface area contributed by atoms with E-state index in [1.165, 1.54) is 18.4 Å². The summed E-state index contributed by atoms with van der Waals surface area (Å²) in [5, 5.41) is 3.50. The molecule has 170 valence electrons. The average Bonchev–Trinajstić information content (AvgIpc) is 2.79. The number of likely N-dealkylation sites (tertiary alicyclic amines) is 1. The minimum atomic E-state index is 0. The van der Waals surface area contributed by atoms with Crippen LogP contribution in [0.4, 0.5) is 0 Å².